The topological polar surface area (TPSA) is 22.2 Å². The molecule has 2 fully saturated rings. The standard InChI is InChI=1S/C21H44N4O/c1-20(2,3)25-16-14-23(15-17-25)9-7-8-22-10-12-24(13-11-22)18-19-26-21(4,5)6/h7-19H2,1-6H3. The fourth-order valence-corrected chi connectivity index (χ4v) is 3.88. The van der Waals surface area contributed by atoms with Gasteiger partial charge in [-0.05, 0) is 61.1 Å². The second kappa shape index (κ2) is 9.83. The summed E-state index contributed by atoms with van der Waals surface area (Å²) in [6.07, 6.45) is 1.31. The first-order chi connectivity index (χ1) is 12.1. The van der Waals surface area contributed by atoms with Gasteiger partial charge in [0.2, 0.25) is 0 Å². The van der Waals surface area contributed by atoms with Crippen LogP contribution in [-0.4, -0.2) is 109 Å². The third-order valence-electron chi connectivity index (χ3n) is 5.68. The molecular weight excluding hydrogens is 324 g/mol. The van der Waals surface area contributed by atoms with Crippen molar-refractivity contribution in [2.45, 2.75) is 59.1 Å². The first-order valence-corrected chi connectivity index (χ1v) is 10.7. The van der Waals surface area contributed by atoms with E-state index in [0.717, 1.165) is 13.2 Å². The molecule has 0 aromatic carbocycles. The second-order valence-corrected chi connectivity index (χ2v) is 10.00. The summed E-state index contributed by atoms with van der Waals surface area (Å²) in [5.41, 5.74) is 0.309. The van der Waals surface area contributed by atoms with Crippen LogP contribution in [0, 0.1) is 0 Å². The van der Waals surface area contributed by atoms with Crippen LogP contribution in [0.4, 0.5) is 0 Å². The van der Waals surface area contributed by atoms with E-state index in [4.69, 9.17) is 4.74 Å². The Labute approximate surface area is 162 Å². The van der Waals surface area contributed by atoms with Gasteiger partial charge in [0.05, 0.1) is 12.2 Å². The summed E-state index contributed by atoms with van der Waals surface area (Å²) < 4.78 is 5.86. The summed E-state index contributed by atoms with van der Waals surface area (Å²) in [5.74, 6) is 0. The van der Waals surface area contributed by atoms with Crippen LogP contribution < -0.4 is 0 Å². The van der Waals surface area contributed by atoms with E-state index in [1.807, 2.05) is 0 Å². The number of rotatable bonds is 7. The molecule has 2 saturated heterocycles. The average Bonchev–Trinajstić information content (AvgIpc) is 2.55. The fourth-order valence-electron chi connectivity index (χ4n) is 3.88. The molecule has 2 aliphatic rings. The predicted molar refractivity (Wildman–Crippen MR) is 111 cm³/mol. The van der Waals surface area contributed by atoms with E-state index in [0.29, 0.717) is 5.54 Å². The number of hydrogen-bond donors (Lipinski definition) is 0. The Morgan fingerprint density at radius 2 is 1.04 bits per heavy atom. The highest BCUT2D eigenvalue weighted by Gasteiger charge is 2.25. The molecule has 0 atom stereocenters. The zero-order valence-corrected chi connectivity index (χ0v) is 18.4. The Hall–Kier alpha value is -0.200. The SMILES string of the molecule is CC(C)(C)OCCN1CCN(CCCN2CCN(C(C)(C)C)CC2)CC1. The first kappa shape index (κ1) is 22.1. The van der Waals surface area contributed by atoms with Gasteiger partial charge in [-0.2, -0.15) is 0 Å². The van der Waals surface area contributed by atoms with Crippen molar-refractivity contribution in [3.05, 3.63) is 0 Å². The molecule has 0 bridgehead atoms. The lowest BCUT2D eigenvalue weighted by molar-refractivity contribution is -0.0179. The zero-order valence-electron chi connectivity index (χ0n) is 18.4. The molecule has 0 amide bonds. The number of piperazine rings is 2. The molecule has 5 nitrogen and oxygen atoms in total. The maximum atomic E-state index is 5.86. The van der Waals surface area contributed by atoms with Gasteiger partial charge in [0.25, 0.3) is 0 Å². The minimum Gasteiger partial charge on any atom is -0.375 e. The second-order valence-electron chi connectivity index (χ2n) is 10.00. The lowest BCUT2D eigenvalue weighted by Crippen LogP contribution is -2.53. The van der Waals surface area contributed by atoms with Gasteiger partial charge >= 0.3 is 0 Å². The summed E-state index contributed by atoms with van der Waals surface area (Å²) >= 11 is 0. The van der Waals surface area contributed by atoms with Crippen molar-refractivity contribution >= 4 is 0 Å². The average molecular weight is 369 g/mol. The Kier molecular flexibility index (Phi) is 8.35. The highest BCUT2D eigenvalue weighted by Crippen LogP contribution is 2.16. The minimum atomic E-state index is -0.0137. The van der Waals surface area contributed by atoms with Crippen LogP contribution in [0.25, 0.3) is 0 Å². The van der Waals surface area contributed by atoms with Crippen LogP contribution >= 0.6 is 0 Å². The van der Waals surface area contributed by atoms with E-state index in [1.165, 1.54) is 71.9 Å². The van der Waals surface area contributed by atoms with Gasteiger partial charge in [0, 0.05) is 64.4 Å². The van der Waals surface area contributed by atoms with Gasteiger partial charge in [-0.1, -0.05) is 0 Å². The summed E-state index contributed by atoms with van der Waals surface area (Å²) in [7, 11) is 0. The summed E-state index contributed by atoms with van der Waals surface area (Å²) in [6, 6.07) is 0. The van der Waals surface area contributed by atoms with Crippen molar-refractivity contribution in [1.29, 1.82) is 0 Å². The van der Waals surface area contributed by atoms with Crippen LogP contribution in [0.5, 0.6) is 0 Å². The van der Waals surface area contributed by atoms with E-state index in [-0.39, 0.29) is 5.60 Å². The molecule has 0 aromatic heterocycles. The third kappa shape index (κ3) is 8.22. The lowest BCUT2D eigenvalue weighted by Gasteiger charge is -2.42. The molecule has 0 aliphatic carbocycles. The summed E-state index contributed by atoms with van der Waals surface area (Å²) in [5, 5.41) is 0. The predicted octanol–water partition coefficient (Wildman–Crippen LogP) is 2.23. The van der Waals surface area contributed by atoms with E-state index < -0.39 is 0 Å². The number of hydrogen-bond acceptors (Lipinski definition) is 5. The Balaban J connectivity index is 1.52. The molecule has 2 aliphatic heterocycles. The molecule has 154 valence electrons. The quantitative estimate of drug-likeness (QED) is 0.685. The van der Waals surface area contributed by atoms with Crippen LogP contribution in [-0.2, 0) is 4.74 Å². The van der Waals surface area contributed by atoms with Gasteiger partial charge in [-0.15, -0.1) is 0 Å². The molecule has 2 heterocycles. The Morgan fingerprint density at radius 3 is 1.46 bits per heavy atom. The van der Waals surface area contributed by atoms with Gasteiger partial charge in [-0.25, -0.2) is 0 Å². The Bertz CT molecular complexity index is 386. The van der Waals surface area contributed by atoms with E-state index >= 15 is 0 Å². The smallest absolute Gasteiger partial charge is 0.0600 e. The number of ether oxygens (including phenoxy) is 1. The van der Waals surface area contributed by atoms with Crippen LogP contribution in [0.2, 0.25) is 0 Å². The zero-order chi connectivity index (χ0) is 19.2. The summed E-state index contributed by atoms with van der Waals surface area (Å²) in [4.78, 5) is 10.5. The molecular formula is C21H44N4O. The van der Waals surface area contributed by atoms with Crippen molar-refractivity contribution in [2.24, 2.45) is 0 Å². The van der Waals surface area contributed by atoms with E-state index in [1.54, 1.807) is 0 Å². The van der Waals surface area contributed by atoms with Crippen LogP contribution in [0.1, 0.15) is 48.0 Å². The first-order valence-electron chi connectivity index (χ1n) is 10.7. The largest absolute Gasteiger partial charge is 0.375 e. The van der Waals surface area contributed by atoms with E-state index in [9.17, 15) is 0 Å². The summed E-state index contributed by atoms with van der Waals surface area (Å²) in [6.45, 7) is 27.6. The Morgan fingerprint density at radius 1 is 0.615 bits per heavy atom. The molecule has 0 aromatic rings. The lowest BCUT2D eigenvalue weighted by atomic mass is 10.0. The molecule has 0 spiro atoms. The normalized spacial score (nSPS) is 22.8. The molecule has 26 heavy (non-hydrogen) atoms. The third-order valence-corrected chi connectivity index (χ3v) is 5.68. The molecule has 5 heteroatoms. The van der Waals surface area contributed by atoms with Gasteiger partial charge in [0.15, 0.2) is 0 Å². The molecule has 0 unspecified atom stereocenters. The fraction of sp³-hybridized carbons (Fsp3) is 1.00. The van der Waals surface area contributed by atoms with E-state index in [2.05, 4.69) is 61.1 Å². The van der Waals surface area contributed by atoms with Crippen molar-refractivity contribution in [3.63, 3.8) is 0 Å². The maximum Gasteiger partial charge on any atom is 0.0600 e. The molecule has 0 radical (unpaired) electrons. The molecule has 0 saturated carbocycles. The maximum absolute atomic E-state index is 5.86. The molecule has 2 rings (SSSR count). The van der Waals surface area contributed by atoms with Crippen molar-refractivity contribution in [3.8, 4) is 0 Å². The monoisotopic (exact) mass is 368 g/mol. The highest BCUT2D eigenvalue weighted by atomic mass is 16.5. The number of nitrogens with zero attached hydrogens (tertiary/aromatic N) is 4. The van der Waals surface area contributed by atoms with Gasteiger partial charge in [-0.3, -0.25) is 9.80 Å². The van der Waals surface area contributed by atoms with Gasteiger partial charge in [0.1, 0.15) is 0 Å². The van der Waals surface area contributed by atoms with Crippen molar-refractivity contribution in [2.75, 3.05) is 78.6 Å². The van der Waals surface area contributed by atoms with Crippen LogP contribution in [0.3, 0.4) is 0 Å². The highest BCUT2D eigenvalue weighted by molar-refractivity contribution is 4.82. The molecule has 0 N–H and O–H groups in total. The van der Waals surface area contributed by atoms with Crippen LogP contribution in [0.15, 0.2) is 0 Å². The van der Waals surface area contributed by atoms with Gasteiger partial charge < -0.3 is 14.5 Å². The minimum absolute atomic E-state index is 0.0137. The van der Waals surface area contributed by atoms with Crippen molar-refractivity contribution in [1.82, 2.24) is 19.6 Å². The van der Waals surface area contributed by atoms with Crippen molar-refractivity contribution < 1.29 is 4.74 Å².